The smallest absolute Gasteiger partial charge is 0.251 e. The molecule has 0 spiro atoms. The van der Waals surface area contributed by atoms with Crippen molar-refractivity contribution in [1.29, 1.82) is 0 Å². The van der Waals surface area contributed by atoms with Crippen LogP contribution in [0.2, 0.25) is 0 Å². The minimum absolute atomic E-state index is 0.203. The summed E-state index contributed by atoms with van der Waals surface area (Å²) in [5, 5.41) is 5.26. The molecule has 2 rings (SSSR count). The van der Waals surface area contributed by atoms with Gasteiger partial charge < -0.3 is 15.4 Å². The molecule has 2 aromatic carbocycles. The lowest BCUT2D eigenvalue weighted by molar-refractivity contribution is -0.111. The molecule has 118 valence electrons. The van der Waals surface area contributed by atoms with Crippen molar-refractivity contribution in [2.45, 2.75) is 0 Å². The molecule has 0 saturated carbocycles. The third kappa shape index (κ3) is 4.44. The van der Waals surface area contributed by atoms with Gasteiger partial charge in [-0.3, -0.25) is 9.59 Å². The molecule has 5 heteroatoms. The van der Waals surface area contributed by atoms with E-state index in [1.165, 1.54) is 6.08 Å². The van der Waals surface area contributed by atoms with Crippen molar-refractivity contribution in [3.05, 3.63) is 65.7 Å². The van der Waals surface area contributed by atoms with E-state index in [9.17, 15) is 9.59 Å². The number of carbonyl (C=O) groups excluding carboxylic acids is 2. The fourth-order valence-electron chi connectivity index (χ4n) is 2.04. The Morgan fingerprint density at radius 2 is 1.87 bits per heavy atom. The van der Waals surface area contributed by atoms with Crippen LogP contribution in [-0.4, -0.2) is 26.0 Å². The first kappa shape index (κ1) is 16.3. The number of benzene rings is 2. The average Bonchev–Trinajstić information content (AvgIpc) is 2.59. The van der Waals surface area contributed by atoms with Crippen LogP contribution in [-0.2, 0) is 4.79 Å². The number of rotatable bonds is 5. The number of hydrogen-bond donors (Lipinski definition) is 2. The van der Waals surface area contributed by atoms with E-state index in [1.807, 2.05) is 24.3 Å². The first-order chi connectivity index (χ1) is 11.1. The Balaban J connectivity index is 2.08. The van der Waals surface area contributed by atoms with Crippen molar-refractivity contribution in [3.8, 4) is 5.75 Å². The summed E-state index contributed by atoms with van der Waals surface area (Å²) in [5.74, 6) is 0.203. The van der Waals surface area contributed by atoms with Crippen molar-refractivity contribution < 1.29 is 14.3 Å². The van der Waals surface area contributed by atoms with Crippen LogP contribution in [0.1, 0.15) is 15.9 Å². The SMILES string of the molecule is CNC(=O)c1cccc(NC(=O)/C=C/c2ccccc2OC)c1. The lowest BCUT2D eigenvalue weighted by Gasteiger charge is -2.05. The summed E-state index contributed by atoms with van der Waals surface area (Å²) < 4.78 is 5.22. The van der Waals surface area contributed by atoms with Gasteiger partial charge in [-0.2, -0.15) is 0 Å². The minimum atomic E-state index is -0.287. The molecule has 0 unspecified atom stereocenters. The molecule has 2 aromatic rings. The molecule has 0 aliphatic carbocycles. The van der Waals surface area contributed by atoms with Gasteiger partial charge in [-0.05, 0) is 30.3 Å². The predicted molar refractivity (Wildman–Crippen MR) is 90.5 cm³/mol. The Kier molecular flexibility index (Phi) is 5.52. The molecule has 0 saturated heterocycles. The van der Waals surface area contributed by atoms with Gasteiger partial charge in [0, 0.05) is 29.9 Å². The number of hydrogen-bond acceptors (Lipinski definition) is 3. The van der Waals surface area contributed by atoms with Crippen molar-refractivity contribution in [1.82, 2.24) is 5.32 Å². The van der Waals surface area contributed by atoms with Crippen LogP contribution in [0.4, 0.5) is 5.69 Å². The highest BCUT2D eigenvalue weighted by Gasteiger charge is 2.05. The summed E-state index contributed by atoms with van der Waals surface area (Å²) in [6.07, 6.45) is 3.10. The molecule has 5 nitrogen and oxygen atoms in total. The lowest BCUT2D eigenvalue weighted by atomic mass is 10.1. The van der Waals surface area contributed by atoms with Gasteiger partial charge in [0.25, 0.3) is 5.91 Å². The minimum Gasteiger partial charge on any atom is -0.496 e. The number of amides is 2. The van der Waals surface area contributed by atoms with Crippen LogP contribution >= 0.6 is 0 Å². The maximum atomic E-state index is 12.0. The molecule has 0 heterocycles. The number of carbonyl (C=O) groups is 2. The molecule has 23 heavy (non-hydrogen) atoms. The first-order valence-corrected chi connectivity index (χ1v) is 7.08. The van der Waals surface area contributed by atoms with Crippen molar-refractivity contribution in [2.75, 3.05) is 19.5 Å². The predicted octanol–water partition coefficient (Wildman–Crippen LogP) is 2.71. The van der Waals surface area contributed by atoms with E-state index in [0.29, 0.717) is 17.0 Å². The average molecular weight is 310 g/mol. The molecular formula is C18H18N2O3. The van der Waals surface area contributed by atoms with E-state index in [4.69, 9.17) is 4.74 Å². The summed E-state index contributed by atoms with van der Waals surface area (Å²) in [6.45, 7) is 0. The molecule has 0 aliphatic heterocycles. The second-order valence-corrected chi connectivity index (χ2v) is 4.72. The maximum absolute atomic E-state index is 12.0. The molecule has 0 atom stereocenters. The Morgan fingerprint density at radius 3 is 2.61 bits per heavy atom. The molecule has 0 bridgehead atoms. The van der Waals surface area contributed by atoms with E-state index in [0.717, 1.165) is 5.56 Å². The largest absolute Gasteiger partial charge is 0.496 e. The van der Waals surface area contributed by atoms with Gasteiger partial charge in [-0.1, -0.05) is 24.3 Å². The quantitative estimate of drug-likeness (QED) is 0.834. The number of nitrogens with one attached hydrogen (secondary N) is 2. The van der Waals surface area contributed by atoms with Gasteiger partial charge in [-0.15, -0.1) is 0 Å². The topological polar surface area (TPSA) is 67.4 Å². The van der Waals surface area contributed by atoms with E-state index in [-0.39, 0.29) is 11.8 Å². The zero-order valence-electron chi connectivity index (χ0n) is 13.0. The van der Waals surface area contributed by atoms with E-state index in [1.54, 1.807) is 44.5 Å². The zero-order valence-corrected chi connectivity index (χ0v) is 13.0. The third-order valence-electron chi connectivity index (χ3n) is 3.17. The van der Waals surface area contributed by atoms with Crippen molar-refractivity contribution >= 4 is 23.6 Å². The monoisotopic (exact) mass is 310 g/mol. The number of methoxy groups -OCH3 is 1. The lowest BCUT2D eigenvalue weighted by Crippen LogP contribution is -2.18. The van der Waals surface area contributed by atoms with Crippen LogP contribution in [0.15, 0.2) is 54.6 Å². The number of ether oxygens (including phenoxy) is 1. The van der Waals surface area contributed by atoms with Crippen molar-refractivity contribution in [2.24, 2.45) is 0 Å². The molecule has 0 aromatic heterocycles. The Bertz CT molecular complexity index is 739. The van der Waals surface area contributed by atoms with Crippen LogP contribution in [0.25, 0.3) is 6.08 Å². The fourth-order valence-corrected chi connectivity index (χ4v) is 2.04. The van der Waals surface area contributed by atoms with Crippen LogP contribution in [0.5, 0.6) is 5.75 Å². The normalized spacial score (nSPS) is 10.3. The van der Waals surface area contributed by atoms with Crippen LogP contribution in [0.3, 0.4) is 0 Å². The standard InChI is InChI=1S/C18H18N2O3/c1-19-18(22)14-7-5-8-15(12-14)20-17(21)11-10-13-6-3-4-9-16(13)23-2/h3-12H,1-2H3,(H,19,22)(H,20,21)/b11-10+. The van der Waals surface area contributed by atoms with E-state index >= 15 is 0 Å². The van der Waals surface area contributed by atoms with Crippen LogP contribution in [0, 0.1) is 0 Å². The Hall–Kier alpha value is -3.08. The zero-order chi connectivity index (χ0) is 16.7. The van der Waals surface area contributed by atoms with Gasteiger partial charge in [0.1, 0.15) is 5.75 Å². The van der Waals surface area contributed by atoms with Gasteiger partial charge in [0.15, 0.2) is 0 Å². The van der Waals surface area contributed by atoms with Gasteiger partial charge in [0.2, 0.25) is 5.91 Å². The second-order valence-electron chi connectivity index (χ2n) is 4.72. The van der Waals surface area contributed by atoms with Crippen LogP contribution < -0.4 is 15.4 Å². The molecule has 0 radical (unpaired) electrons. The fraction of sp³-hybridized carbons (Fsp3) is 0.111. The number of anilines is 1. The van der Waals surface area contributed by atoms with Crippen molar-refractivity contribution in [3.63, 3.8) is 0 Å². The summed E-state index contributed by atoms with van der Waals surface area (Å²) >= 11 is 0. The van der Waals surface area contributed by atoms with E-state index in [2.05, 4.69) is 10.6 Å². The molecule has 2 amide bonds. The molecular weight excluding hydrogens is 292 g/mol. The third-order valence-corrected chi connectivity index (χ3v) is 3.17. The highest BCUT2D eigenvalue weighted by atomic mass is 16.5. The highest BCUT2D eigenvalue weighted by Crippen LogP contribution is 2.18. The van der Waals surface area contributed by atoms with Gasteiger partial charge >= 0.3 is 0 Å². The van der Waals surface area contributed by atoms with Gasteiger partial charge in [0.05, 0.1) is 7.11 Å². The highest BCUT2D eigenvalue weighted by molar-refractivity contribution is 6.03. The Morgan fingerprint density at radius 1 is 1.09 bits per heavy atom. The Labute approximate surface area is 135 Å². The first-order valence-electron chi connectivity index (χ1n) is 7.08. The number of para-hydroxylation sites is 1. The maximum Gasteiger partial charge on any atom is 0.251 e. The second kappa shape index (κ2) is 7.79. The summed E-state index contributed by atoms with van der Waals surface area (Å²) in [7, 11) is 3.14. The summed E-state index contributed by atoms with van der Waals surface area (Å²) in [6, 6.07) is 14.1. The summed E-state index contributed by atoms with van der Waals surface area (Å²) in [4.78, 5) is 23.6. The summed E-state index contributed by atoms with van der Waals surface area (Å²) in [5.41, 5.74) is 1.85. The molecule has 0 fully saturated rings. The van der Waals surface area contributed by atoms with Gasteiger partial charge in [-0.25, -0.2) is 0 Å². The molecule has 2 N–H and O–H groups in total. The van der Waals surface area contributed by atoms with E-state index < -0.39 is 0 Å². The molecule has 0 aliphatic rings.